The highest BCUT2D eigenvalue weighted by Gasteiger charge is 2.28. The molecule has 96 valence electrons. The van der Waals surface area contributed by atoms with Crippen LogP contribution in [0.5, 0.6) is 5.75 Å². The number of fused-ring (bicyclic) bond motifs is 3. The first-order chi connectivity index (χ1) is 8.52. The molecule has 0 bridgehead atoms. The van der Waals surface area contributed by atoms with E-state index in [0.29, 0.717) is 0 Å². The zero-order chi connectivity index (χ0) is 12.9. The minimum Gasteiger partial charge on any atom is -0.495 e. The van der Waals surface area contributed by atoms with Crippen LogP contribution in [0.4, 0.5) is 0 Å². The van der Waals surface area contributed by atoms with E-state index in [1.54, 1.807) is 7.11 Å². The number of benzene rings is 1. The van der Waals surface area contributed by atoms with Gasteiger partial charge in [0.25, 0.3) is 0 Å². The van der Waals surface area contributed by atoms with Gasteiger partial charge in [-0.25, -0.2) is 0 Å². The van der Waals surface area contributed by atoms with E-state index in [1.165, 1.54) is 11.3 Å². The van der Waals surface area contributed by atoms with Crippen molar-refractivity contribution in [3.63, 3.8) is 0 Å². The van der Waals surface area contributed by atoms with Crippen molar-refractivity contribution in [2.24, 2.45) is 0 Å². The Labute approximate surface area is 111 Å². The van der Waals surface area contributed by atoms with E-state index in [-0.39, 0.29) is 5.54 Å². The molecule has 0 unspecified atom stereocenters. The van der Waals surface area contributed by atoms with Crippen molar-refractivity contribution in [3.05, 3.63) is 28.4 Å². The van der Waals surface area contributed by atoms with E-state index in [0.717, 1.165) is 34.6 Å². The van der Waals surface area contributed by atoms with E-state index in [1.807, 2.05) is 12.1 Å². The van der Waals surface area contributed by atoms with Gasteiger partial charge in [0, 0.05) is 23.2 Å². The van der Waals surface area contributed by atoms with Crippen molar-refractivity contribution in [1.82, 2.24) is 10.3 Å². The standard InChI is InChI=1S/C14H17ClN2O/c1-14(2)6-8-10(7-16-14)17-13-11(18-3)5-4-9(15)12(8)13/h4-5,16-17H,6-7H2,1-3H3. The number of nitrogens with one attached hydrogen (secondary N) is 2. The van der Waals surface area contributed by atoms with E-state index < -0.39 is 0 Å². The first-order valence-electron chi connectivity index (χ1n) is 6.13. The lowest BCUT2D eigenvalue weighted by atomic mass is 9.89. The molecule has 2 heterocycles. The second-order valence-corrected chi connectivity index (χ2v) is 5.90. The number of rotatable bonds is 1. The Kier molecular flexibility index (Phi) is 2.57. The Morgan fingerprint density at radius 3 is 2.83 bits per heavy atom. The molecule has 1 aliphatic heterocycles. The summed E-state index contributed by atoms with van der Waals surface area (Å²) in [6.07, 6.45) is 0.967. The van der Waals surface area contributed by atoms with Crippen molar-refractivity contribution in [2.45, 2.75) is 32.4 Å². The fourth-order valence-corrected chi connectivity index (χ4v) is 2.97. The Bertz CT molecular complexity index is 616. The van der Waals surface area contributed by atoms with Gasteiger partial charge in [-0.1, -0.05) is 11.6 Å². The third kappa shape index (κ3) is 1.70. The Morgan fingerprint density at radius 1 is 1.33 bits per heavy atom. The molecule has 0 saturated carbocycles. The lowest BCUT2D eigenvalue weighted by Crippen LogP contribution is -2.44. The van der Waals surface area contributed by atoms with Crippen molar-refractivity contribution < 1.29 is 4.74 Å². The highest BCUT2D eigenvalue weighted by molar-refractivity contribution is 6.36. The maximum Gasteiger partial charge on any atom is 0.143 e. The van der Waals surface area contributed by atoms with Gasteiger partial charge >= 0.3 is 0 Å². The number of ether oxygens (including phenoxy) is 1. The second-order valence-electron chi connectivity index (χ2n) is 5.50. The second kappa shape index (κ2) is 3.90. The molecule has 3 nitrogen and oxygen atoms in total. The molecular formula is C14H17ClN2O. The van der Waals surface area contributed by atoms with Gasteiger partial charge in [0.05, 0.1) is 17.6 Å². The number of hydrogen-bond acceptors (Lipinski definition) is 2. The van der Waals surface area contributed by atoms with Gasteiger partial charge in [0.2, 0.25) is 0 Å². The summed E-state index contributed by atoms with van der Waals surface area (Å²) in [6, 6.07) is 3.82. The van der Waals surface area contributed by atoms with Gasteiger partial charge in [-0.15, -0.1) is 0 Å². The number of aromatic amines is 1. The van der Waals surface area contributed by atoms with Crippen molar-refractivity contribution in [2.75, 3.05) is 7.11 Å². The summed E-state index contributed by atoms with van der Waals surface area (Å²) in [5.41, 5.74) is 3.65. The average Bonchev–Trinajstić information content (AvgIpc) is 2.67. The highest BCUT2D eigenvalue weighted by atomic mass is 35.5. The fourth-order valence-electron chi connectivity index (χ4n) is 2.70. The van der Waals surface area contributed by atoms with Crippen LogP contribution in [0.3, 0.4) is 0 Å². The van der Waals surface area contributed by atoms with Gasteiger partial charge in [-0.3, -0.25) is 0 Å². The third-order valence-corrected chi connectivity index (χ3v) is 3.96. The molecule has 4 heteroatoms. The number of methoxy groups -OCH3 is 1. The summed E-state index contributed by atoms with van der Waals surface area (Å²) in [5.74, 6) is 0.849. The SMILES string of the molecule is COc1ccc(Cl)c2c3c([nH]c12)CNC(C)(C)C3. The number of hydrogen-bond donors (Lipinski definition) is 2. The maximum absolute atomic E-state index is 6.36. The minimum absolute atomic E-state index is 0.106. The third-order valence-electron chi connectivity index (χ3n) is 3.64. The molecule has 1 aliphatic rings. The normalized spacial score (nSPS) is 17.8. The Morgan fingerprint density at radius 2 is 2.11 bits per heavy atom. The summed E-state index contributed by atoms with van der Waals surface area (Å²) in [4.78, 5) is 3.44. The molecule has 0 aliphatic carbocycles. The fraction of sp³-hybridized carbons (Fsp3) is 0.429. The smallest absolute Gasteiger partial charge is 0.143 e. The zero-order valence-electron chi connectivity index (χ0n) is 10.9. The van der Waals surface area contributed by atoms with E-state index in [2.05, 4.69) is 24.1 Å². The Balaban J connectivity index is 2.29. The van der Waals surface area contributed by atoms with Crippen LogP contribution in [0.1, 0.15) is 25.1 Å². The van der Waals surface area contributed by atoms with Crippen molar-refractivity contribution in [1.29, 1.82) is 0 Å². The van der Waals surface area contributed by atoms with Crippen molar-refractivity contribution in [3.8, 4) is 5.75 Å². The average molecular weight is 265 g/mol. The van der Waals surface area contributed by atoms with Crippen LogP contribution in [-0.4, -0.2) is 17.6 Å². The van der Waals surface area contributed by atoms with Crippen molar-refractivity contribution >= 4 is 22.5 Å². The largest absolute Gasteiger partial charge is 0.495 e. The van der Waals surface area contributed by atoms with E-state index in [4.69, 9.17) is 16.3 Å². The van der Waals surface area contributed by atoms with Crippen LogP contribution in [0.25, 0.3) is 10.9 Å². The van der Waals surface area contributed by atoms with Crippen LogP contribution < -0.4 is 10.1 Å². The molecule has 18 heavy (non-hydrogen) atoms. The van der Waals surface area contributed by atoms with Gasteiger partial charge in [-0.05, 0) is 38.0 Å². The molecule has 0 fully saturated rings. The van der Waals surface area contributed by atoms with Gasteiger partial charge in [0.1, 0.15) is 5.75 Å². The summed E-state index contributed by atoms with van der Waals surface area (Å²) >= 11 is 6.36. The number of H-pyrrole nitrogens is 1. The number of halogens is 1. The quantitative estimate of drug-likeness (QED) is 0.830. The van der Waals surface area contributed by atoms with Gasteiger partial charge in [0.15, 0.2) is 0 Å². The molecule has 1 aromatic carbocycles. The molecule has 2 aromatic rings. The molecule has 1 aromatic heterocycles. The number of aromatic nitrogens is 1. The van der Waals surface area contributed by atoms with E-state index >= 15 is 0 Å². The first-order valence-corrected chi connectivity index (χ1v) is 6.50. The summed E-state index contributed by atoms with van der Waals surface area (Å²) in [6.45, 7) is 5.27. The van der Waals surface area contributed by atoms with Crippen LogP contribution >= 0.6 is 11.6 Å². The monoisotopic (exact) mass is 264 g/mol. The van der Waals surface area contributed by atoms with Crippen LogP contribution in [0.15, 0.2) is 12.1 Å². The Hall–Kier alpha value is -1.19. The first kappa shape index (κ1) is 11.9. The maximum atomic E-state index is 6.36. The summed E-state index contributed by atoms with van der Waals surface area (Å²) in [7, 11) is 1.69. The van der Waals surface area contributed by atoms with Crippen LogP contribution in [0, 0.1) is 0 Å². The molecule has 3 rings (SSSR count). The van der Waals surface area contributed by atoms with Gasteiger partial charge in [-0.2, -0.15) is 0 Å². The predicted molar refractivity (Wildman–Crippen MR) is 74.5 cm³/mol. The molecule has 0 spiro atoms. The predicted octanol–water partition coefficient (Wildman–Crippen LogP) is 3.25. The van der Waals surface area contributed by atoms with Crippen LogP contribution in [0.2, 0.25) is 5.02 Å². The lowest BCUT2D eigenvalue weighted by molar-refractivity contribution is 0.361. The lowest BCUT2D eigenvalue weighted by Gasteiger charge is -2.31. The molecule has 0 radical (unpaired) electrons. The van der Waals surface area contributed by atoms with Gasteiger partial charge < -0.3 is 15.0 Å². The summed E-state index contributed by atoms with van der Waals surface area (Å²) < 4.78 is 5.40. The molecule has 0 saturated heterocycles. The van der Waals surface area contributed by atoms with E-state index in [9.17, 15) is 0 Å². The molecule has 2 N–H and O–H groups in total. The molecular weight excluding hydrogens is 248 g/mol. The molecule has 0 atom stereocenters. The van der Waals surface area contributed by atoms with Crippen LogP contribution in [-0.2, 0) is 13.0 Å². The minimum atomic E-state index is 0.106. The topological polar surface area (TPSA) is 37.0 Å². The highest BCUT2D eigenvalue weighted by Crippen LogP contribution is 2.38. The zero-order valence-corrected chi connectivity index (χ0v) is 11.6. The summed E-state index contributed by atoms with van der Waals surface area (Å²) in [5, 5.41) is 5.42. The molecule has 0 amide bonds.